The zero-order valence-electron chi connectivity index (χ0n) is 17.5. The van der Waals surface area contributed by atoms with Gasteiger partial charge in [-0.25, -0.2) is 0 Å². The third-order valence-electron chi connectivity index (χ3n) is 6.26. The van der Waals surface area contributed by atoms with Crippen LogP contribution in [-0.4, -0.2) is 41.8 Å². The smallest absolute Gasteiger partial charge is 0.251 e. The average molecular weight is 400 g/mol. The minimum atomic E-state index is -0.554. The Morgan fingerprint density at radius 2 is 1.72 bits per heavy atom. The first-order valence-corrected chi connectivity index (χ1v) is 10.8. The van der Waals surface area contributed by atoms with Crippen LogP contribution in [0.2, 0.25) is 0 Å². The number of rotatable bonds is 4. The lowest BCUT2D eigenvalue weighted by Gasteiger charge is -2.35. The van der Waals surface area contributed by atoms with Gasteiger partial charge in [-0.05, 0) is 68.6 Å². The number of benzene rings is 1. The summed E-state index contributed by atoms with van der Waals surface area (Å²) >= 11 is 0. The van der Waals surface area contributed by atoms with Crippen LogP contribution in [0.5, 0.6) is 0 Å². The van der Waals surface area contributed by atoms with Gasteiger partial charge in [0, 0.05) is 36.2 Å². The molecule has 2 fully saturated rings. The van der Waals surface area contributed by atoms with Crippen LogP contribution in [0.25, 0.3) is 0 Å². The van der Waals surface area contributed by atoms with E-state index >= 15 is 0 Å². The fraction of sp³-hybridized carbons (Fsp3) is 0.609. The van der Waals surface area contributed by atoms with Gasteiger partial charge >= 0.3 is 0 Å². The number of amides is 3. The van der Waals surface area contributed by atoms with Crippen LogP contribution in [-0.2, 0) is 4.79 Å². The average Bonchev–Trinajstić information content (AvgIpc) is 2.92. The Morgan fingerprint density at radius 1 is 1.03 bits per heavy atom. The van der Waals surface area contributed by atoms with Gasteiger partial charge in [0.15, 0.2) is 0 Å². The quantitative estimate of drug-likeness (QED) is 0.815. The van der Waals surface area contributed by atoms with Gasteiger partial charge in [0.2, 0.25) is 11.8 Å². The van der Waals surface area contributed by atoms with Crippen molar-refractivity contribution < 1.29 is 14.4 Å². The van der Waals surface area contributed by atoms with Gasteiger partial charge in [-0.15, -0.1) is 0 Å². The van der Waals surface area contributed by atoms with Crippen LogP contribution in [0, 0.1) is 17.8 Å². The van der Waals surface area contributed by atoms with E-state index in [0.29, 0.717) is 29.5 Å². The van der Waals surface area contributed by atoms with Crippen molar-refractivity contribution in [1.29, 1.82) is 0 Å². The lowest BCUT2D eigenvalue weighted by molar-refractivity contribution is -0.137. The minimum absolute atomic E-state index is 0.0791. The molecule has 158 valence electrons. The first-order chi connectivity index (χ1) is 13.8. The predicted molar refractivity (Wildman–Crippen MR) is 112 cm³/mol. The Kier molecular flexibility index (Phi) is 6.93. The van der Waals surface area contributed by atoms with Crippen molar-refractivity contribution >= 4 is 17.7 Å². The van der Waals surface area contributed by atoms with Gasteiger partial charge in [0.1, 0.15) is 0 Å². The molecule has 1 aliphatic heterocycles. The van der Waals surface area contributed by atoms with Gasteiger partial charge < -0.3 is 16.0 Å². The second kappa shape index (κ2) is 9.42. The number of likely N-dealkylation sites (tertiary alicyclic amines) is 1. The molecule has 1 saturated heterocycles. The molecule has 3 atom stereocenters. The van der Waals surface area contributed by atoms with Crippen LogP contribution in [0.1, 0.15) is 73.1 Å². The summed E-state index contributed by atoms with van der Waals surface area (Å²) in [4.78, 5) is 39.2. The van der Waals surface area contributed by atoms with E-state index in [9.17, 15) is 14.4 Å². The van der Waals surface area contributed by atoms with Crippen LogP contribution in [0.4, 0.5) is 0 Å². The molecular weight excluding hydrogens is 366 g/mol. The molecule has 0 radical (unpaired) electrons. The monoisotopic (exact) mass is 399 g/mol. The first kappa shape index (κ1) is 21.3. The summed E-state index contributed by atoms with van der Waals surface area (Å²) in [6, 6.07) is 6.36. The summed E-state index contributed by atoms with van der Waals surface area (Å²) in [6.07, 6.45) is 5.93. The molecule has 2 unspecified atom stereocenters. The van der Waals surface area contributed by atoms with E-state index in [1.54, 1.807) is 18.2 Å². The normalized spacial score (nSPS) is 27.7. The number of primary amides is 1. The molecule has 3 rings (SSSR count). The molecule has 0 bridgehead atoms. The van der Waals surface area contributed by atoms with E-state index in [1.807, 2.05) is 4.90 Å². The van der Waals surface area contributed by atoms with E-state index in [-0.39, 0.29) is 23.8 Å². The number of nitrogens with one attached hydrogen (secondary N) is 1. The summed E-state index contributed by atoms with van der Waals surface area (Å²) in [5.74, 6) is 0.755. The number of nitrogens with two attached hydrogens (primary N) is 1. The second-order valence-electron chi connectivity index (χ2n) is 9.01. The Bertz CT molecular complexity index is 753. The summed E-state index contributed by atoms with van der Waals surface area (Å²) in [5.41, 5.74) is 6.05. The zero-order valence-corrected chi connectivity index (χ0v) is 17.5. The third-order valence-corrected chi connectivity index (χ3v) is 6.26. The molecule has 0 aromatic heterocycles. The van der Waals surface area contributed by atoms with Gasteiger partial charge in [0.25, 0.3) is 5.91 Å². The van der Waals surface area contributed by atoms with E-state index < -0.39 is 5.91 Å². The van der Waals surface area contributed by atoms with Crippen molar-refractivity contribution in [2.45, 2.75) is 58.4 Å². The van der Waals surface area contributed by atoms with E-state index in [2.05, 4.69) is 19.2 Å². The standard InChI is InChI=1S/C23H33N3O3/c1-15-10-16(2)12-19(11-15)23(29)26-9-4-3-8-20(14-26)25-22(28)18-7-5-6-17(13-18)21(24)27/h5-7,13,15-16,19-20H,3-4,8-12,14H2,1-2H3,(H2,24,27)(H,25,28)/t15?,16?,19?,20-/m0/s1. The summed E-state index contributed by atoms with van der Waals surface area (Å²) in [7, 11) is 0. The fourth-order valence-corrected chi connectivity index (χ4v) is 4.95. The van der Waals surface area contributed by atoms with E-state index in [4.69, 9.17) is 5.73 Å². The molecule has 3 N–H and O–H groups in total. The number of nitrogens with zero attached hydrogens (tertiary/aromatic N) is 1. The summed E-state index contributed by atoms with van der Waals surface area (Å²) < 4.78 is 0. The molecule has 1 aliphatic carbocycles. The highest BCUT2D eigenvalue weighted by Gasteiger charge is 2.33. The number of hydrogen-bond acceptors (Lipinski definition) is 3. The maximum absolute atomic E-state index is 13.2. The Labute approximate surface area is 173 Å². The third kappa shape index (κ3) is 5.58. The molecule has 0 spiro atoms. The molecule has 6 nitrogen and oxygen atoms in total. The van der Waals surface area contributed by atoms with Crippen molar-refractivity contribution in [2.75, 3.05) is 13.1 Å². The molecule has 3 amide bonds. The maximum Gasteiger partial charge on any atom is 0.251 e. The summed E-state index contributed by atoms with van der Waals surface area (Å²) in [6.45, 7) is 5.80. The first-order valence-electron chi connectivity index (χ1n) is 10.8. The van der Waals surface area contributed by atoms with Gasteiger partial charge in [-0.3, -0.25) is 14.4 Å². The SMILES string of the molecule is CC1CC(C)CC(C(=O)N2CCCC[C@H](NC(=O)c3cccc(C(N)=O)c3)C2)C1. The minimum Gasteiger partial charge on any atom is -0.366 e. The Balaban J connectivity index is 1.64. The molecule has 29 heavy (non-hydrogen) atoms. The highest BCUT2D eigenvalue weighted by atomic mass is 16.2. The van der Waals surface area contributed by atoms with E-state index in [0.717, 1.165) is 38.6 Å². The maximum atomic E-state index is 13.2. The van der Waals surface area contributed by atoms with Crippen molar-refractivity contribution in [3.05, 3.63) is 35.4 Å². The van der Waals surface area contributed by atoms with E-state index in [1.165, 1.54) is 12.5 Å². The van der Waals surface area contributed by atoms with Crippen LogP contribution >= 0.6 is 0 Å². The van der Waals surface area contributed by atoms with Crippen molar-refractivity contribution in [3.8, 4) is 0 Å². The molecule has 2 aliphatic rings. The molecule has 6 heteroatoms. The Morgan fingerprint density at radius 3 is 2.41 bits per heavy atom. The topological polar surface area (TPSA) is 92.5 Å². The highest BCUT2D eigenvalue weighted by Crippen LogP contribution is 2.34. The number of carbonyl (C=O) groups is 3. The van der Waals surface area contributed by atoms with Crippen molar-refractivity contribution in [3.63, 3.8) is 0 Å². The largest absolute Gasteiger partial charge is 0.366 e. The fourth-order valence-electron chi connectivity index (χ4n) is 4.95. The summed E-state index contributed by atoms with van der Waals surface area (Å²) in [5, 5.41) is 3.06. The second-order valence-corrected chi connectivity index (χ2v) is 9.01. The zero-order chi connectivity index (χ0) is 21.0. The van der Waals surface area contributed by atoms with Gasteiger partial charge in [-0.2, -0.15) is 0 Å². The predicted octanol–water partition coefficient (Wildman–Crippen LogP) is 2.97. The van der Waals surface area contributed by atoms with Gasteiger partial charge in [-0.1, -0.05) is 19.9 Å². The lowest BCUT2D eigenvalue weighted by Crippen LogP contribution is -2.47. The highest BCUT2D eigenvalue weighted by molar-refractivity contribution is 5.99. The van der Waals surface area contributed by atoms with Crippen molar-refractivity contribution in [1.82, 2.24) is 10.2 Å². The number of carbonyl (C=O) groups excluding carboxylic acids is 3. The molecule has 1 heterocycles. The molecule has 1 aromatic rings. The van der Waals surface area contributed by atoms with Crippen LogP contribution in [0.3, 0.4) is 0 Å². The van der Waals surface area contributed by atoms with Crippen molar-refractivity contribution in [2.24, 2.45) is 23.5 Å². The molecular formula is C23H33N3O3. The lowest BCUT2D eigenvalue weighted by atomic mass is 9.76. The van der Waals surface area contributed by atoms with Gasteiger partial charge in [0.05, 0.1) is 0 Å². The molecule has 1 aromatic carbocycles. The van der Waals surface area contributed by atoms with Crippen LogP contribution < -0.4 is 11.1 Å². The molecule has 1 saturated carbocycles. The Hall–Kier alpha value is -2.37. The number of hydrogen-bond donors (Lipinski definition) is 2. The van der Waals surface area contributed by atoms with Crippen LogP contribution in [0.15, 0.2) is 24.3 Å².